The number of amides is 2. The van der Waals surface area contributed by atoms with E-state index in [0.29, 0.717) is 36.8 Å². The smallest absolute Gasteiger partial charge is 0.257 e. The minimum Gasteiger partial charge on any atom is -0.372 e. The molecule has 2 fully saturated rings. The van der Waals surface area contributed by atoms with Crippen molar-refractivity contribution in [3.63, 3.8) is 0 Å². The van der Waals surface area contributed by atoms with E-state index < -0.39 is 0 Å². The van der Waals surface area contributed by atoms with Crippen molar-refractivity contribution >= 4 is 17.6 Å². The first-order valence-electron chi connectivity index (χ1n) is 7.40. The van der Waals surface area contributed by atoms with Crippen LogP contribution in [0.5, 0.6) is 0 Å². The van der Waals surface area contributed by atoms with Gasteiger partial charge in [0.05, 0.1) is 5.56 Å². The fourth-order valence-corrected chi connectivity index (χ4v) is 3.24. The molecule has 2 aliphatic rings. The molecule has 2 unspecified atom stereocenters. The van der Waals surface area contributed by atoms with E-state index in [9.17, 15) is 9.59 Å². The Morgan fingerprint density at radius 1 is 1.48 bits per heavy atom. The summed E-state index contributed by atoms with van der Waals surface area (Å²) in [6.45, 7) is 1.39. The molecule has 112 valence electrons. The first-order valence-corrected chi connectivity index (χ1v) is 7.40. The molecule has 0 bridgehead atoms. The van der Waals surface area contributed by atoms with Gasteiger partial charge in [0.15, 0.2) is 0 Å². The maximum atomic E-state index is 12.7. The Morgan fingerprint density at radius 3 is 3.14 bits per heavy atom. The van der Waals surface area contributed by atoms with E-state index in [1.165, 1.54) is 0 Å². The summed E-state index contributed by atoms with van der Waals surface area (Å²) < 4.78 is 0. The molecule has 2 N–H and O–H groups in total. The molecule has 1 aromatic heterocycles. The Morgan fingerprint density at radius 2 is 2.33 bits per heavy atom. The number of likely N-dealkylation sites (tertiary alicyclic amines) is 1. The van der Waals surface area contributed by atoms with Crippen LogP contribution in [0.1, 0.15) is 29.6 Å². The summed E-state index contributed by atoms with van der Waals surface area (Å²) in [6.07, 6.45) is 3.94. The van der Waals surface area contributed by atoms with E-state index in [0.717, 1.165) is 12.8 Å². The van der Waals surface area contributed by atoms with Crippen molar-refractivity contribution in [1.82, 2.24) is 15.2 Å². The molecule has 21 heavy (non-hydrogen) atoms. The van der Waals surface area contributed by atoms with Gasteiger partial charge in [-0.15, -0.1) is 0 Å². The first-order chi connectivity index (χ1) is 10.2. The zero-order valence-electron chi connectivity index (χ0n) is 12.1. The second-order valence-corrected chi connectivity index (χ2v) is 5.66. The summed E-state index contributed by atoms with van der Waals surface area (Å²) in [5.74, 6) is 1.14. The summed E-state index contributed by atoms with van der Waals surface area (Å²) in [7, 11) is 1.77. The molecule has 2 amide bonds. The van der Waals surface area contributed by atoms with Crippen LogP contribution in [0.25, 0.3) is 0 Å². The zero-order valence-corrected chi connectivity index (χ0v) is 12.1. The molecule has 3 heterocycles. The number of carbonyl (C=O) groups is 2. The van der Waals surface area contributed by atoms with Crippen LogP contribution in [0.4, 0.5) is 5.82 Å². The average molecular weight is 288 g/mol. The minimum absolute atomic E-state index is 0.0165. The molecule has 3 rings (SSSR count). The monoisotopic (exact) mass is 288 g/mol. The van der Waals surface area contributed by atoms with Gasteiger partial charge in [-0.1, -0.05) is 0 Å². The van der Waals surface area contributed by atoms with Gasteiger partial charge in [0.25, 0.3) is 5.91 Å². The maximum absolute atomic E-state index is 12.7. The Balaban J connectivity index is 1.73. The van der Waals surface area contributed by atoms with Crippen LogP contribution in [0.3, 0.4) is 0 Å². The van der Waals surface area contributed by atoms with Gasteiger partial charge in [0, 0.05) is 38.8 Å². The molecule has 0 aliphatic carbocycles. The van der Waals surface area contributed by atoms with Crippen molar-refractivity contribution in [3.8, 4) is 0 Å². The van der Waals surface area contributed by atoms with Crippen LogP contribution < -0.4 is 10.6 Å². The molecule has 6 heteroatoms. The zero-order chi connectivity index (χ0) is 14.8. The predicted molar refractivity (Wildman–Crippen MR) is 79.0 cm³/mol. The molecule has 2 saturated heterocycles. The highest BCUT2D eigenvalue weighted by atomic mass is 16.2. The van der Waals surface area contributed by atoms with Crippen molar-refractivity contribution in [1.29, 1.82) is 0 Å². The lowest BCUT2D eigenvalue weighted by atomic mass is 9.85. The lowest BCUT2D eigenvalue weighted by molar-refractivity contribution is -0.125. The Hall–Kier alpha value is -2.11. The van der Waals surface area contributed by atoms with Gasteiger partial charge in [-0.05, 0) is 30.9 Å². The van der Waals surface area contributed by atoms with Gasteiger partial charge >= 0.3 is 0 Å². The Labute approximate surface area is 123 Å². The van der Waals surface area contributed by atoms with Gasteiger partial charge < -0.3 is 15.5 Å². The van der Waals surface area contributed by atoms with Crippen molar-refractivity contribution in [3.05, 3.63) is 23.9 Å². The predicted octanol–water partition coefficient (Wildman–Crippen LogP) is 0.864. The highest BCUT2D eigenvalue weighted by Gasteiger charge is 2.35. The van der Waals surface area contributed by atoms with Gasteiger partial charge in [0.2, 0.25) is 5.91 Å². The van der Waals surface area contributed by atoms with Crippen LogP contribution in [0.15, 0.2) is 18.3 Å². The number of pyridine rings is 1. The fraction of sp³-hybridized carbons (Fsp3) is 0.533. The molecule has 2 atom stereocenters. The number of aromatic nitrogens is 1. The molecular formula is C15H20N4O2. The summed E-state index contributed by atoms with van der Waals surface area (Å²) in [4.78, 5) is 30.2. The average Bonchev–Trinajstić information content (AvgIpc) is 2.53. The maximum Gasteiger partial charge on any atom is 0.257 e. The normalized spacial score (nSPS) is 25.0. The second-order valence-electron chi connectivity index (χ2n) is 5.66. The number of carbonyl (C=O) groups excluding carboxylic acids is 2. The van der Waals surface area contributed by atoms with E-state index in [-0.39, 0.29) is 17.9 Å². The minimum atomic E-state index is 0.0165. The quantitative estimate of drug-likeness (QED) is 0.846. The highest BCUT2D eigenvalue weighted by molar-refractivity contribution is 5.98. The molecular weight excluding hydrogens is 268 g/mol. The third kappa shape index (κ3) is 2.70. The van der Waals surface area contributed by atoms with E-state index >= 15 is 0 Å². The highest BCUT2D eigenvalue weighted by Crippen LogP contribution is 2.27. The van der Waals surface area contributed by atoms with Crippen molar-refractivity contribution in [2.75, 3.05) is 25.5 Å². The van der Waals surface area contributed by atoms with Crippen molar-refractivity contribution in [2.24, 2.45) is 5.92 Å². The molecule has 2 aliphatic heterocycles. The molecule has 6 nitrogen and oxygen atoms in total. The number of anilines is 1. The summed E-state index contributed by atoms with van der Waals surface area (Å²) in [6, 6.07) is 3.81. The van der Waals surface area contributed by atoms with E-state index in [2.05, 4.69) is 15.6 Å². The second kappa shape index (κ2) is 5.71. The number of piperidine rings is 2. The largest absolute Gasteiger partial charge is 0.372 e. The summed E-state index contributed by atoms with van der Waals surface area (Å²) >= 11 is 0. The number of nitrogens with zero attached hydrogens (tertiary/aromatic N) is 2. The van der Waals surface area contributed by atoms with Crippen LogP contribution in [-0.4, -0.2) is 47.9 Å². The van der Waals surface area contributed by atoms with Crippen LogP contribution in [0.2, 0.25) is 0 Å². The lowest BCUT2D eigenvalue weighted by Gasteiger charge is -2.41. The van der Waals surface area contributed by atoms with Gasteiger partial charge in [-0.3, -0.25) is 9.59 Å². The molecule has 0 saturated carbocycles. The van der Waals surface area contributed by atoms with E-state index in [4.69, 9.17) is 0 Å². The topological polar surface area (TPSA) is 74.3 Å². The fourth-order valence-electron chi connectivity index (χ4n) is 3.24. The summed E-state index contributed by atoms with van der Waals surface area (Å²) in [5.41, 5.74) is 0.610. The van der Waals surface area contributed by atoms with Gasteiger partial charge in [0.1, 0.15) is 5.82 Å². The summed E-state index contributed by atoms with van der Waals surface area (Å²) in [5, 5.41) is 6.00. The third-order valence-electron chi connectivity index (χ3n) is 4.38. The van der Waals surface area contributed by atoms with Crippen LogP contribution in [0, 0.1) is 5.92 Å². The number of fused-ring (bicyclic) bond motifs is 1. The van der Waals surface area contributed by atoms with Gasteiger partial charge in [-0.25, -0.2) is 4.98 Å². The van der Waals surface area contributed by atoms with Crippen molar-refractivity contribution in [2.45, 2.75) is 25.3 Å². The molecule has 0 aromatic carbocycles. The SMILES string of the molecule is CNc1ncccc1C(=O)N1CCC2NC(=O)CCC2C1. The number of hydrogen-bond acceptors (Lipinski definition) is 4. The van der Waals surface area contributed by atoms with Crippen LogP contribution in [-0.2, 0) is 4.79 Å². The third-order valence-corrected chi connectivity index (χ3v) is 4.38. The lowest BCUT2D eigenvalue weighted by Crippen LogP contribution is -2.55. The molecule has 0 radical (unpaired) electrons. The Bertz CT molecular complexity index is 560. The van der Waals surface area contributed by atoms with Gasteiger partial charge in [-0.2, -0.15) is 0 Å². The number of hydrogen-bond donors (Lipinski definition) is 2. The molecule has 0 spiro atoms. The van der Waals surface area contributed by atoms with Crippen LogP contribution >= 0.6 is 0 Å². The molecule has 1 aromatic rings. The number of rotatable bonds is 2. The standard InChI is InChI=1S/C15H20N4O2/c1-16-14-11(3-2-7-17-14)15(21)19-8-6-12-10(9-19)4-5-13(20)18-12/h2-3,7,10,12H,4-6,8-9H2,1H3,(H,16,17)(H,18,20). The Kier molecular flexibility index (Phi) is 3.77. The van der Waals surface area contributed by atoms with E-state index in [1.807, 2.05) is 4.90 Å². The van der Waals surface area contributed by atoms with Crippen molar-refractivity contribution < 1.29 is 9.59 Å². The first kappa shape index (κ1) is 13.9. The number of nitrogens with one attached hydrogen (secondary N) is 2. The van der Waals surface area contributed by atoms with E-state index in [1.54, 1.807) is 25.4 Å².